The first-order valence-corrected chi connectivity index (χ1v) is 4.87. The van der Waals surface area contributed by atoms with E-state index in [-0.39, 0.29) is 6.61 Å². The molecule has 1 atom stereocenters. The van der Waals surface area contributed by atoms with Gasteiger partial charge in [-0.1, -0.05) is 6.08 Å². The van der Waals surface area contributed by atoms with Crippen LogP contribution in [0, 0.1) is 5.41 Å². The monoisotopic (exact) mass is 220 g/mol. The van der Waals surface area contributed by atoms with Gasteiger partial charge in [0.15, 0.2) is 6.29 Å². The molecule has 0 bridgehead atoms. The summed E-state index contributed by atoms with van der Waals surface area (Å²) in [5.41, 5.74) is -1.18. The van der Waals surface area contributed by atoms with E-state index in [4.69, 9.17) is 24.8 Å². The molecule has 0 spiro atoms. The highest BCUT2D eigenvalue weighted by Crippen LogP contribution is 2.24. The topological polar surface area (TPSA) is 79.2 Å². The fraction of sp³-hybridized carbons (Fsp3) is 0.800. The number of aliphatic hydroxyl groups is 3. The van der Waals surface area contributed by atoms with Gasteiger partial charge in [0, 0.05) is 6.61 Å². The van der Waals surface area contributed by atoms with Crippen molar-refractivity contribution in [3.8, 4) is 0 Å². The Bertz CT molecular complexity index is 159. The second-order valence-electron chi connectivity index (χ2n) is 3.25. The van der Waals surface area contributed by atoms with Crippen LogP contribution in [0.15, 0.2) is 12.7 Å². The van der Waals surface area contributed by atoms with Crippen LogP contribution in [0.3, 0.4) is 0 Å². The number of hydrogen-bond acceptors (Lipinski definition) is 5. The van der Waals surface area contributed by atoms with Gasteiger partial charge < -0.3 is 24.8 Å². The van der Waals surface area contributed by atoms with Crippen molar-refractivity contribution in [3.63, 3.8) is 0 Å². The minimum absolute atomic E-state index is 0.229. The first-order chi connectivity index (χ1) is 7.20. The van der Waals surface area contributed by atoms with Gasteiger partial charge in [0.1, 0.15) is 0 Å². The molecule has 0 aromatic heterocycles. The highest BCUT2D eigenvalue weighted by Gasteiger charge is 2.39. The summed E-state index contributed by atoms with van der Waals surface area (Å²) in [6.07, 6.45) is 0.684. The third-order valence-corrected chi connectivity index (χ3v) is 2.13. The van der Waals surface area contributed by atoms with Crippen LogP contribution in [-0.2, 0) is 9.47 Å². The molecular formula is C10H20O5. The Balaban J connectivity index is 4.57. The Morgan fingerprint density at radius 2 is 1.73 bits per heavy atom. The van der Waals surface area contributed by atoms with Gasteiger partial charge in [-0.2, -0.15) is 0 Å². The molecule has 0 radical (unpaired) electrons. The molecule has 5 nitrogen and oxygen atoms in total. The number of rotatable bonds is 9. The van der Waals surface area contributed by atoms with Gasteiger partial charge in [0.2, 0.25) is 0 Å². The van der Waals surface area contributed by atoms with Gasteiger partial charge in [-0.05, 0) is 6.92 Å². The summed E-state index contributed by atoms with van der Waals surface area (Å²) in [4.78, 5) is 0. The molecule has 0 heterocycles. The molecule has 0 fully saturated rings. The van der Waals surface area contributed by atoms with E-state index in [0.717, 1.165) is 0 Å². The largest absolute Gasteiger partial charge is 0.395 e. The Kier molecular flexibility index (Phi) is 7.54. The maximum Gasteiger partial charge on any atom is 0.170 e. The molecule has 0 aliphatic rings. The summed E-state index contributed by atoms with van der Waals surface area (Å²) in [7, 11) is 0. The van der Waals surface area contributed by atoms with Crippen molar-refractivity contribution in [3.05, 3.63) is 12.7 Å². The molecule has 5 heteroatoms. The Hall–Kier alpha value is -0.460. The van der Waals surface area contributed by atoms with Crippen molar-refractivity contribution >= 4 is 0 Å². The zero-order chi connectivity index (χ0) is 11.7. The summed E-state index contributed by atoms with van der Waals surface area (Å²) in [5, 5.41) is 27.5. The lowest BCUT2D eigenvalue weighted by Crippen LogP contribution is -2.48. The van der Waals surface area contributed by atoms with Crippen LogP contribution >= 0.6 is 0 Å². The van der Waals surface area contributed by atoms with Crippen molar-refractivity contribution in [1.82, 2.24) is 0 Å². The average molecular weight is 220 g/mol. The number of hydrogen-bond donors (Lipinski definition) is 3. The van der Waals surface area contributed by atoms with Gasteiger partial charge in [-0.25, -0.2) is 0 Å². The minimum atomic E-state index is -1.18. The van der Waals surface area contributed by atoms with Gasteiger partial charge in [-0.15, -0.1) is 6.58 Å². The molecule has 0 rings (SSSR count). The maximum absolute atomic E-state index is 9.17. The third kappa shape index (κ3) is 3.89. The molecule has 0 aliphatic heterocycles. The normalized spacial score (nSPS) is 13.9. The Labute approximate surface area is 89.9 Å². The lowest BCUT2D eigenvalue weighted by Gasteiger charge is -2.35. The quantitative estimate of drug-likeness (QED) is 0.361. The first kappa shape index (κ1) is 14.5. The van der Waals surface area contributed by atoms with Crippen LogP contribution in [0.5, 0.6) is 0 Å². The molecule has 0 aromatic carbocycles. The van der Waals surface area contributed by atoms with Crippen molar-refractivity contribution in [2.24, 2.45) is 5.41 Å². The molecule has 0 amide bonds. The molecule has 0 aliphatic carbocycles. The lowest BCUT2D eigenvalue weighted by molar-refractivity contribution is -0.231. The van der Waals surface area contributed by atoms with E-state index >= 15 is 0 Å². The maximum atomic E-state index is 9.17. The smallest absolute Gasteiger partial charge is 0.170 e. The zero-order valence-electron chi connectivity index (χ0n) is 9.06. The highest BCUT2D eigenvalue weighted by molar-refractivity contribution is 4.82. The molecule has 1 unspecified atom stereocenters. The van der Waals surface area contributed by atoms with E-state index in [9.17, 15) is 0 Å². The predicted molar refractivity (Wildman–Crippen MR) is 55.3 cm³/mol. The van der Waals surface area contributed by atoms with E-state index < -0.39 is 31.5 Å². The van der Waals surface area contributed by atoms with Crippen LogP contribution in [0.1, 0.15) is 6.92 Å². The fourth-order valence-electron chi connectivity index (χ4n) is 1.08. The lowest BCUT2D eigenvalue weighted by atomic mass is 9.90. The molecule has 90 valence electrons. The second-order valence-corrected chi connectivity index (χ2v) is 3.25. The SMILES string of the molecule is C=CCOC(OCC)C(CO)(CO)CO. The van der Waals surface area contributed by atoms with E-state index in [0.29, 0.717) is 6.61 Å². The van der Waals surface area contributed by atoms with Crippen molar-refractivity contribution in [1.29, 1.82) is 0 Å². The standard InChI is InChI=1S/C10H20O5/c1-3-5-15-9(14-4-2)10(6-11,7-12)8-13/h3,9,11-13H,1,4-8H2,2H3. The van der Waals surface area contributed by atoms with Crippen molar-refractivity contribution < 1.29 is 24.8 Å². The van der Waals surface area contributed by atoms with Crippen LogP contribution < -0.4 is 0 Å². The third-order valence-electron chi connectivity index (χ3n) is 2.13. The number of aliphatic hydroxyl groups excluding tert-OH is 3. The van der Waals surface area contributed by atoms with Crippen LogP contribution in [0.25, 0.3) is 0 Å². The summed E-state index contributed by atoms with van der Waals surface area (Å²) in [6.45, 7) is 4.60. The van der Waals surface area contributed by atoms with Gasteiger partial charge in [0.25, 0.3) is 0 Å². The predicted octanol–water partition coefficient (Wildman–Crippen LogP) is -0.485. The van der Waals surface area contributed by atoms with E-state index in [1.54, 1.807) is 6.92 Å². The van der Waals surface area contributed by atoms with Crippen LogP contribution in [-0.4, -0.2) is 54.6 Å². The first-order valence-electron chi connectivity index (χ1n) is 4.87. The van der Waals surface area contributed by atoms with Crippen LogP contribution in [0.4, 0.5) is 0 Å². The fourth-order valence-corrected chi connectivity index (χ4v) is 1.08. The molecular weight excluding hydrogens is 200 g/mol. The number of ether oxygens (including phenoxy) is 2. The molecule has 0 saturated heterocycles. The Morgan fingerprint density at radius 1 is 1.20 bits per heavy atom. The van der Waals surface area contributed by atoms with Crippen LogP contribution in [0.2, 0.25) is 0 Å². The van der Waals surface area contributed by atoms with Gasteiger partial charge >= 0.3 is 0 Å². The summed E-state index contributed by atoms with van der Waals surface area (Å²) in [6, 6.07) is 0. The second kappa shape index (κ2) is 7.78. The zero-order valence-corrected chi connectivity index (χ0v) is 9.06. The summed E-state index contributed by atoms with van der Waals surface area (Å²) < 4.78 is 10.5. The minimum Gasteiger partial charge on any atom is -0.395 e. The highest BCUT2D eigenvalue weighted by atomic mass is 16.7. The average Bonchev–Trinajstić information content (AvgIpc) is 2.28. The Morgan fingerprint density at radius 3 is 2.07 bits per heavy atom. The van der Waals surface area contributed by atoms with E-state index in [2.05, 4.69) is 6.58 Å². The van der Waals surface area contributed by atoms with Gasteiger partial charge in [0.05, 0.1) is 31.8 Å². The molecule has 0 aromatic rings. The van der Waals surface area contributed by atoms with E-state index in [1.807, 2.05) is 0 Å². The van der Waals surface area contributed by atoms with Crippen molar-refractivity contribution in [2.75, 3.05) is 33.0 Å². The van der Waals surface area contributed by atoms with Gasteiger partial charge in [-0.3, -0.25) is 0 Å². The summed E-state index contributed by atoms with van der Waals surface area (Å²) >= 11 is 0. The molecule has 0 saturated carbocycles. The van der Waals surface area contributed by atoms with E-state index in [1.165, 1.54) is 6.08 Å². The molecule has 15 heavy (non-hydrogen) atoms. The molecule has 3 N–H and O–H groups in total. The van der Waals surface area contributed by atoms with Crippen molar-refractivity contribution in [2.45, 2.75) is 13.2 Å². The summed E-state index contributed by atoms with van der Waals surface area (Å²) in [5.74, 6) is 0.